The highest BCUT2D eigenvalue weighted by Gasteiger charge is 2.35. The van der Waals surface area contributed by atoms with Crippen LogP contribution >= 0.6 is 11.6 Å². The number of benzene rings is 2. The summed E-state index contributed by atoms with van der Waals surface area (Å²) in [5.41, 5.74) is 10.2. The maximum Gasteiger partial charge on any atom is 0.206 e. The van der Waals surface area contributed by atoms with Crippen molar-refractivity contribution in [1.29, 1.82) is 0 Å². The topological polar surface area (TPSA) is 44.9 Å². The molecule has 2 heterocycles. The molecule has 4 rings (SSSR count). The van der Waals surface area contributed by atoms with Crippen LogP contribution in [0.1, 0.15) is 5.56 Å². The second-order valence-electron chi connectivity index (χ2n) is 5.29. The smallest absolute Gasteiger partial charge is 0.206 e. The van der Waals surface area contributed by atoms with Crippen molar-refractivity contribution in [3.8, 4) is 0 Å². The van der Waals surface area contributed by atoms with Crippen molar-refractivity contribution >= 4 is 34.6 Å². The van der Waals surface area contributed by atoms with Gasteiger partial charge in [0.2, 0.25) is 5.96 Å². The third-order valence-corrected chi connectivity index (χ3v) is 4.15. The summed E-state index contributed by atoms with van der Waals surface area (Å²) in [5, 5.41) is 0.754. The quantitative estimate of drug-likeness (QED) is 0.867. The van der Waals surface area contributed by atoms with E-state index in [9.17, 15) is 0 Å². The van der Waals surface area contributed by atoms with E-state index in [2.05, 4.69) is 20.9 Å². The van der Waals surface area contributed by atoms with Gasteiger partial charge in [-0.3, -0.25) is 4.99 Å². The molecule has 2 N–H and O–H groups in total. The third-order valence-electron chi connectivity index (χ3n) is 3.89. The van der Waals surface area contributed by atoms with Crippen LogP contribution in [-0.4, -0.2) is 19.0 Å². The number of guanidine groups is 1. The zero-order chi connectivity index (χ0) is 14.4. The van der Waals surface area contributed by atoms with Crippen molar-refractivity contribution in [1.82, 2.24) is 0 Å². The molecular formula is C16H15ClN4. The predicted molar refractivity (Wildman–Crippen MR) is 88.1 cm³/mol. The van der Waals surface area contributed by atoms with E-state index in [1.807, 2.05) is 36.4 Å². The second-order valence-corrected chi connectivity index (χ2v) is 5.73. The molecule has 0 atom stereocenters. The van der Waals surface area contributed by atoms with E-state index < -0.39 is 0 Å². The average molecular weight is 299 g/mol. The summed E-state index contributed by atoms with van der Waals surface area (Å²) < 4.78 is 0. The van der Waals surface area contributed by atoms with Gasteiger partial charge in [-0.15, -0.1) is 0 Å². The zero-order valence-corrected chi connectivity index (χ0v) is 12.2. The summed E-state index contributed by atoms with van der Waals surface area (Å²) in [6.07, 6.45) is 0. The van der Waals surface area contributed by atoms with Gasteiger partial charge >= 0.3 is 0 Å². The fourth-order valence-corrected chi connectivity index (χ4v) is 3.04. The first-order chi connectivity index (χ1) is 10.2. The van der Waals surface area contributed by atoms with Crippen LogP contribution in [0.5, 0.6) is 0 Å². The van der Waals surface area contributed by atoms with E-state index in [1.165, 1.54) is 11.3 Å². The molecule has 2 aliphatic rings. The maximum atomic E-state index is 5.96. The molecule has 2 aromatic rings. The van der Waals surface area contributed by atoms with Gasteiger partial charge in [0.1, 0.15) is 0 Å². The molecular weight excluding hydrogens is 284 g/mol. The van der Waals surface area contributed by atoms with Crippen LogP contribution in [0, 0.1) is 0 Å². The molecule has 106 valence electrons. The number of halogens is 1. The predicted octanol–water partition coefficient (Wildman–Crippen LogP) is 3.12. The van der Waals surface area contributed by atoms with E-state index in [0.29, 0.717) is 0 Å². The molecule has 0 spiro atoms. The SMILES string of the molecule is Nc1ccc2c(c1)N(Cc1ccc(Cl)cc1)C1=NCCN12. The van der Waals surface area contributed by atoms with Crippen molar-refractivity contribution in [3.05, 3.63) is 53.1 Å². The minimum absolute atomic E-state index is 0.754. The van der Waals surface area contributed by atoms with Gasteiger partial charge < -0.3 is 15.5 Å². The molecule has 0 fully saturated rings. The first-order valence-electron chi connectivity index (χ1n) is 6.96. The highest BCUT2D eigenvalue weighted by molar-refractivity contribution is 6.30. The monoisotopic (exact) mass is 298 g/mol. The molecule has 0 saturated heterocycles. The lowest BCUT2D eigenvalue weighted by Crippen LogP contribution is -2.34. The Bertz CT molecular complexity index is 724. The van der Waals surface area contributed by atoms with Gasteiger partial charge in [-0.25, -0.2) is 0 Å². The summed E-state index contributed by atoms with van der Waals surface area (Å²) in [4.78, 5) is 9.12. The Morgan fingerprint density at radius 3 is 2.71 bits per heavy atom. The molecule has 2 aliphatic heterocycles. The highest BCUT2D eigenvalue weighted by Crippen LogP contribution is 2.40. The fraction of sp³-hybridized carbons (Fsp3) is 0.188. The van der Waals surface area contributed by atoms with E-state index >= 15 is 0 Å². The third kappa shape index (κ3) is 2.03. The summed E-state index contributed by atoms with van der Waals surface area (Å²) in [6.45, 7) is 2.54. The van der Waals surface area contributed by atoms with Gasteiger partial charge in [0, 0.05) is 17.3 Å². The molecule has 0 saturated carbocycles. The van der Waals surface area contributed by atoms with Gasteiger partial charge in [-0.05, 0) is 35.9 Å². The molecule has 4 nitrogen and oxygen atoms in total. The van der Waals surface area contributed by atoms with E-state index in [0.717, 1.165) is 42.0 Å². The molecule has 0 amide bonds. The Labute approximate surface area is 128 Å². The highest BCUT2D eigenvalue weighted by atomic mass is 35.5. The lowest BCUT2D eigenvalue weighted by atomic mass is 10.2. The van der Waals surface area contributed by atoms with Crippen LogP contribution in [0.2, 0.25) is 5.02 Å². The van der Waals surface area contributed by atoms with Crippen LogP contribution in [0.25, 0.3) is 0 Å². The van der Waals surface area contributed by atoms with Crippen LogP contribution in [-0.2, 0) is 6.54 Å². The van der Waals surface area contributed by atoms with Gasteiger partial charge in [0.25, 0.3) is 0 Å². The van der Waals surface area contributed by atoms with Crippen molar-refractivity contribution in [2.45, 2.75) is 6.54 Å². The van der Waals surface area contributed by atoms with Gasteiger partial charge in [-0.2, -0.15) is 0 Å². The largest absolute Gasteiger partial charge is 0.399 e. The second kappa shape index (κ2) is 4.67. The molecule has 5 heteroatoms. The summed E-state index contributed by atoms with van der Waals surface area (Å²) >= 11 is 5.96. The van der Waals surface area contributed by atoms with Crippen molar-refractivity contribution in [2.24, 2.45) is 4.99 Å². The number of anilines is 3. The number of nitrogens with zero attached hydrogens (tertiary/aromatic N) is 3. The van der Waals surface area contributed by atoms with Crippen LogP contribution in [0.4, 0.5) is 17.1 Å². The standard InChI is InChI=1S/C16H15ClN4/c17-12-3-1-11(2-4-12)10-21-15-9-13(18)5-6-14(15)20-8-7-19-16(20)21/h1-6,9H,7-8,10,18H2. The summed E-state index contributed by atoms with van der Waals surface area (Å²) in [7, 11) is 0. The molecule has 0 radical (unpaired) electrons. The zero-order valence-electron chi connectivity index (χ0n) is 11.5. The minimum Gasteiger partial charge on any atom is -0.399 e. The van der Waals surface area contributed by atoms with E-state index in [4.69, 9.17) is 17.3 Å². The molecule has 21 heavy (non-hydrogen) atoms. The Balaban J connectivity index is 1.74. The lowest BCUT2D eigenvalue weighted by Gasteiger charge is -2.19. The van der Waals surface area contributed by atoms with Gasteiger partial charge in [0.05, 0.1) is 24.5 Å². The number of fused-ring (bicyclic) bond motifs is 3. The van der Waals surface area contributed by atoms with Crippen molar-refractivity contribution in [2.75, 3.05) is 28.6 Å². The summed E-state index contributed by atoms with van der Waals surface area (Å²) in [5.74, 6) is 1.02. The Morgan fingerprint density at radius 1 is 1.10 bits per heavy atom. The van der Waals surface area contributed by atoms with Crippen LogP contribution < -0.4 is 15.5 Å². The Kier molecular flexibility index (Phi) is 2.79. The van der Waals surface area contributed by atoms with E-state index in [-0.39, 0.29) is 0 Å². The number of hydrogen-bond donors (Lipinski definition) is 1. The number of nitrogen functional groups attached to an aromatic ring is 1. The first kappa shape index (κ1) is 12.5. The fourth-order valence-electron chi connectivity index (χ4n) is 2.92. The number of aliphatic imine (C=N–C) groups is 1. The van der Waals surface area contributed by atoms with Crippen molar-refractivity contribution in [3.63, 3.8) is 0 Å². The molecule has 0 bridgehead atoms. The molecule has 2 aromatic carbocycles. The summed E-state index contributed by atoms with van der Waals surface area (Å²) in [6, 6.07) is 14.0. The average Bonchev–Trinajstić information content (AvgIpc) is 3.04. The normalized spacial score (nSPS) is 16.0. The Morgan fingerprint density at radius 2 is 1.90 bits per heavy atom. The van der Waals surface area contributed by atoms with Gasteiger partial charge in [-0.1, -0.05) is 23.7 Å². The molecule has 0 aromatic heterocycles. The molecule has 0 unspecified atom stereocenters. The first-order valence-corrected chi connectivity index (χ1v) is 7.34. The van der Waals surface area contributed by atoms with Gasteiger partial charge in [0.15, 0.2) is 0 Å². The number of hydrogen-bond acceptors (Lipinski definition) is 4. The van der Waals surface area contributed by atoms with Crippen LogP contribution in [0.15, 0.2) is 47.5 Å². The number of nitrogens with two attached hydrogens (primary N) is 1. The lowest BCUT2D eigenvalue weighted by molar-refractivity contribution is 1.01. The van der Waals surface area contributed by atoms with Crippen molar-refractivity contribution < 1.29 is 0 Å². The number of rotatable bonds is 2. The maximum absolute atomic E-state index is 5.96. The van der Waals surface area contributed by atoms with Crippen LogP contribution in [0.3, 0.4) is 0 Å². The van der Waals surface area contributed by atoms with E-state index in [1.54, 1.807) is 0 Å². The Hall–Kier alpha value is -2.20. The minimum atomic E-state index is 0.754. The molecule has 0 aliphatic carbocycles.